The van der Waals surface area contributed by atoms with Crippen molar-refractivity contribution in [3.8, 4) is 0 Å². The van der Waals surface area contributed by atoms with E-state index in [2.05, 4.69) is 6.92 Å². The molecule has 3 heteroatoms. The Bertz CT molecular complexity index is 210. The van der Waals surface area contributed by atoms with E-state index >= 15 is 0 Å². The van der Waals surface area contributed by atoms with Crippen LogP contribution in [0.4, 0.5) is 0 Å². The molecule has 0 aromatic carbocycles. The third-order valence-electron chi connectivity index (χ3n) is 3.45. The monoisotopic (exact) mass is 227 g/mol. The van der Waals surface area contributed by atoms with Crippen LogP contribution in [0.2, 0.25) is 0 Å². The molecule has 0 radical (unpaired) electrons. The van der Waals surface area contributed by atoms with E-state index in [1.54, 1.807) is 0 Å². The normalized spacial score (nSPS) is 30.7. The zero-order valence-electron chi connectivity index (χ0n) is 10.9. The van der Waals surface area contributed by atoms with Crippen molar-refractivity contribution in [3.63, 3.8) is 0 Å². The van der Waals surface area contributed by atoms with Crippen molar-refractivity contribution in [3.05, 3.63) is 0 Å². The minimum Gasteiger partial charge on any atom is -0.370 e. The van der Waals surface area contributed by atoms with Crippen LogP contribution in [0, 0.1) is 5.92 Å². The van der Waals surface area contributed by atoms with Crippen molar-refractivity contribution in [2.24, 2.45) is 5.92 Å². The van der Waals surface area contributed by atoms with Gasteiger partial charge in [0, 0.05) is 12.6 Å². The van der Waals surface area contributed by atoms with E-state index < -0.39 is 0 Å². The van der Waals surface area contributed by atoms with Crippen LogP contribution in [0.1, 0.15) is 46.5 Å². The summed E-state index contributed by atoms with van der Waals surface area (Å²) in [6.45, 7) is 8.12. The second-order valence-corrected chi connectivity index (χ2v) is 4.55. The number of carbonyl (C=O) groups excluding carboxylic acids is 1. The van der Waals surface area contributed by atoms with E-state index in [0.29, 0.717) is 12.6 Å². The minimum absolute atomic E-state index is 0.191. The Labute approximate surface area is 99.1 Å². The number of carbonyl (C=O) groups is 1. The average Bonchev–Trinajstić information content (AvgIpc) is 2.34. The van der Waals surface area contributed by atoms with Crippen molar-refractivity contribution in [1.29, 1.82) is 0 Å². The van der Waals surface area contributed by atoms with Gasteiger partial charge >= 0.3 is 0 Å². The molecule has 1 saturated carbocycles. The van der Waals surface area contributed by atoms with Crippen molar-refractivity contribution in [1.82, 2.24) is 4.90 Å². The van der Waals surface area contributed by atoms with Gasteiger partial charge in [-0.2, -0.15) is 0 Å². The predicted octanol–water partition coefficient (Wildman–Crippen LogP) is 2.45. The lowest BCUT2D eigenvalue weighted by Crippen LogP contribution is -2.48. The molecule has 1 saturated heterocycles. The maximum atomic E-state index is 11.6. The quantitative estimate of drug-likeness (QED) is 0.688. The fraction of sp³-hybridized carbons (Fsp3) is 0.923. The standard InChI is InChI=1S/C11H19NO2.C2H6/c1-9-2-4-10(5-3-9)12-6-7-14-8-11(12)13;1-2/h9-10H,2-8H2,1H3;1-2H3. The van der Waals surface area contributed by atoms with E-state index in [-0.39, 0.29) is 5.91 Å². The molecule has 0 N–H and O–H groups in total. The second-order valence-electron chi connectivity index (χ2n) is 4.55. The van der Waals surface area contributed by atoms with E-state index in [1.807, 2.05) is 18.7 Å². The van der Waals surface area contributed by atoms with Crippen LogP contribution in [0.15, 0.2) is 0 Å². The fourth-order valence-electron chi connectivity index (χ4n) is 2.47. The van der Waals surface area contributed by atoms with Gasteiger partial charge in [-0.3, -0.25) is 4.79 Å². The molecule has 2 aliphatic rings. The molecule has 1 amide bonds. The van der Waals surface area contributed by atoms with Crippen LogP contribution in [-0.2, 0) is 9.53 Å². The molecule has 16 heavy (non-hydrogen) atoms. The summed E-state index contributed by atoms with van der Waals surface area (Å²) >= 11 is 0. The largest absolute Gasteiger partial charge is 0.370 e. The Morgan fingerprint density at radius 2 is 1.81 bits per heavy atom. The van der Waals surface area contributed by atoms with Gasteiger partial charge in [-0.15, -0.1) is 0 Å². The molecular weight excluding hydrogens is 202 g/mol. The number of amides is 1. The summed E-state index contributed by atoms with van der Waals surface area (Å²) in [5.74, 6) is 1.04. The first-order chi connectivity index (χ1) is 7.77. The Hall–Kier alpha value is -0.570. The summed E-state index contributed by atoms with van der Waals surface area (Å²) in [5, 5.41) is 0. The summed E-state index contributed by atoms with van der Waals surface area (Å²) in [4.78, 5) is 13.6. The molecule has 1 aliphatic carbocycles. The molecule has 2 fully saturated rings. The number of hydrogen-bond acceptors (Lipinski definition) is 2. The number of morpholine rings is 1. The highest BCUT2D eigenvalue weighted by Gasteiger charge is 2.29. The summed E-state index contributed by atoms with van der Waals surface area (Å²) in [6, 6.07) is 0.502. The third kappa shape index (κ3) is 3.48. The lowest BCUT2D eigenvalue weighted by molar-refractivity contribution is -0.146. The molecular formula is C13H25NO2. The predicted molar refractivity (Wildman–Crippen MR) is 65.3 cm³/mol. The van der Waals surface area contributed by atoms with Gasteiger partial charge in [-0.1, -0.05) is 20.8 Å². The summed E-state index contributed by atoms with van der Waals surface area (Å²) in [6.07, 6.45) is 4.92. The number of ether oxygens (including phenoxy) is 1. The van der Waals surface area contributed by atoms with E-state index in [1.165, 1.54) is 25.7 Å². The fourth-order valence-corrected chi connectivity index (χ4v) is 2.47. The van der Waals surface area contributed by atoms with Crippen LogP contribution in [0.25, 0.3) is 0 Å². The first-order valence-electron chi connectivity index (χ1n) is 6.64. The second kappa shape index (κ2) is 6.89. The van der Waals surface area contributed by atoms with Gasteiger partial charge in [-0.05, 0) is 31.6 Å². The first-order valence-corrected chi connectivity index (χ1v) is 6.64. The van der Waals surface area contributed by atoms with Crippen molar-refractivity contribution in [2.75, 3.05) is 19.8 Å². The lowest BCUT2D eigenvalue weighted by atomic mass is 9.86. The molecule has 0 aromatic rings. The highest BCUT2D eigenvalue weighted by molar-refractivity contribution is 5.78. The summed E-state index contributed by atoms with van der Waals surface area (Å²) in [7, 11) is 0. The zero-order valence-corrected chi connectivity index (χ0v) is 10.9. The van der Waals surface area contributed by atoms with Crippen LogP contribution < -0.4 is 0 Å². The van der Waals surface area contributed by atoms with E-state index in [9.17, 15) is 4.79 Å². The van der Waals surface area contributed by atoms with Crippen molar-refractivity contribution >= 4 is 5.91 Å². The SMILES string of the molecule is CC.CC1CCC(N2CCOCC2=O)CC1. The van der Waals surface area contributed by atoms with Gasteiger partial charge in [0.05, 0.1) is 6.61 Å². The lowest BCUT2D eigenvalue weighted by Gasteiger charge is -2.38. The van der Waals surface area contributed by atoms with Gasteiger partial charge in [-0.25, -0.2) is 0 Å². The van der Waals surface area contributed by atoms with Crippen LogP contribution in [0.5, 0.6) is 0 Å². The Morgan fingerprint density at radius 1 is 1.19 bits per heavy atom. The molecule has 94 valence electrons. The topological polar surface area (TPSA) is 29.5 Å². The minimum atomic E-state index is 0.191. The zero-order chi connectivity index (χ0) is 12.0. The molecule has 0 unspecified atom stereocenters. The van der Waals surface area contributed by atoms with Crippen molar-refractivity contribution in [2.45, 2.75) is 52.5 Å². The van der Waals surface area contributed by atoms with Crippen LogP contribution in [-0.4, -0.2) is 36.6 Å². The maximum Gasteiger partial charge on any atom is 0.248 e. The number of hydrogen-bond donors (Lipinski definition) is 0. The van der Waals surface area contributed by atoms with Gasteiger partial charge < -0.3 is 9.64 Å². The van der Waals surface area contributed by atoms with Gasteiger partial charge in [0.2, 0.25) is 5.91 Å². The Balaban J connectivity index is 0.000000606. The third-order valence-corrected chi connectivity index (χ3v) is 3.45. The van der Waals surface area contributed by atoms with Crippen LogP contribution in [0.3, 0.4) is 0 Å². The maximum absolute atomic E-state index is 11.6. The van der Waals surface area contributed by atoms with Crippen molar-refractivity contribution < 1.29 is 9.53 Å². The molecule has 0 atom stereocenters. The highest BCUT2D eigenvalue weighted by Crippen LogP contribution is 2.27. The van der Waals surface area contributed by atoms with Crippen LogP contribution >= 0.6 is 0 Å². The molecule has 0 spiro atoms. The van der Waals surface area contributed by atoms with Gasteiger partial charge in [0.25, 0.3) is 0 Å². The number of nitrogens with zero attached hydrogens (tertiary/aromatic N) is 1. The average molecular weight is 227 g/mol. The first kappa shape index (κ1) is 13.5. The van der Waals surface area contributed by atoms with E-state index in [4.69, 9.17) is 4.74 Å². The highest BCUT2D eigenvalue weighted by atomic mass is 16.5. The summed E-state index contributed by atoms with van der Waals surface area (Å²) in [5.41, 5.74) is 0. The molecule has 3 nitrogen and oxygen atoms in total. The molecule has 0 aromatic heterocycles. The molecule has 0 bridgehead atoms. The molecule has 2 rings (SSSR count). The molecule has 1 heterocycles. The van der Waals surface area contributed by atoms with E-state index in [0.717, 1.165) is 19.1 Å². The number of rotatable bonds is 1. The Morgan fingerprint density at radius 3 is 2.38 bits per heavy atom. The smallest absolute Gasteiger partial charge is 0.248 e. The molecule has 1 aliphatic heterocycles. The van der Waals surface area contributed by atoms with Gasteiger partial charge in [0.1, 0.15) is 6.61 Å². The summed E-state index contributed by atoms with van der Waals surface area (Å²) < 4.78 is 5.13. The Kier molecular flexibility index (Phi) is 5.81. The van der Waals surface area contributed by atoms with Gasteiger partial charge in [0.15, 0.2) is 0 Å².